The van der Waals surface area contributed by atoms with Gasteiger partial charge in [-0.05, 0) is 49.0 Å². The summed E-state index contributed by atoms with van der Waals surface area (Å²) in [6, 6.07) is 14.4. The number of carbonyl (C=O) groups excluding carboxylic acids is 1. The fraction of sp³-hybridized carbons (Fsp3) is 0.133. The third-order valence-electron chi connectivity index (χ3n) is 2.67. The van der Waals surface area contributed by atoms with Gasteiger partial charge in [-0.15, -0.1) is 0 Å². The topological polar surface area (TPSA) is 53.2 Å². The molecule has 3 N–H and O–H groups in total. The summed E-state index contributed by atoms with van der Waals surface area (Å²) >= 11 is 5.79. The van der Waals surface area contributed by atoms with Crippen LogP contribution in [-0.4, -0.2) is 13.1 Å². The molecule has 0 saturated heterocycles. The SMILES string of the molecule is CNCc1cccc(NC(=O)Nc2ccc(Cl)cc2)c1. The maximum absolute atomic E-state index is 11.9. The van der Waals surface area contributed by atoms with Gasteiger partial charge in [0.1, 0.15) is 0 Å². The van der Waals surface area contributed by atoms with Gasteiger partial charge in [-0.3, -0.25) is 0 Å². The van der Waals surface area contributed by atoms with Crippen LogP contribution in [0.5, 0.6) is 0 Å². The van der Waals surface area contributed by atoms with Crippen LogP contribution in [0.3, 0.4) is 0 Å². The fourth-order valence-corrected chi connectivity index (χ4v) is 1.92. The minimum Gasteiger partial charge on any atom is -0.316 e. The molecule has 0 radical (unpaired) electrons. The number of hydrogen-bond acceptors (Lipinski definition) is 2. The quantitative estimate of drug-likeness (QED) is 0.804. The number of rotatable bonds is 4. The van der Waals surface area contributed by atoms with E-state index in [0.717, 1.165) is 17.8 Å². The van der Waals surface area contributed by atoms with E-state index in [-0.39, 0.29) is 6.03 Å². The lowest BCUT2D eigenvalue weighted by Gasteiger charge is -2.09. The first-order valence-electron chi connectivity index (χ1n) is 6.24. The summed E-state index contributed by atoms with van der Waals surface area (Å²) in [6.07, 6.45) is 0. The van der Waals surface area contributed by atoms with Crippen LogP contribution in [0.2, 0.25) is 5.02 Å². The van der Waals surface area contributed by atoms with Gasteiger partial charge in [0, 0.05) is 22.9 Å². The Kier molecular flexibility index (Phi) is 4.98. The van der Waals surface area contributed by atoms with Crippen LogP contribution in [0.15, 0.2) is 48.5 Å². The molecule has 2 aromatic rings. The predicted molar refractivity (Wildman–Crippen MR) is 83.3 cm³/mol. The second-order valence-electron chi connectivity index (χ2n) is 4.32. The molecule has 4 nitrogen and oxygen atoms in total. The largest absolute Gasteiger partial charge is 0.323 e. The number of halogens is 1. The lowest BCUT2D eigenvalue weighted by molar-refractivity contribution is 0.262. The summed E-state index contributed by atoms with van der Waals surface area (Å²) < 4.78 is 0. The van der Waals surface area contributed by atoms with E-state index >= 15 is 0 Å². The molecule has 104 valence electrons. The van der Waals surface area contributed by atoms with Gasteiger partial charge >= 0.3 is 6.03 Å². The number of urea groups is 1. The Bertz CT molecular complexity index is 584. The minimum atomic E-state index is -0.283. The smallest absolute Gasteiger partial charge is 0.316 e. The number of benzene rings is 2. The molecule has 0 atom stereocenters. The third kappa shape index (κ3) is 4.26. The van der Waals surface area contributed by atoms with Gasteiger partial charge in [-0.25, -0.2) is 4.79 Å². The summed E-state index contributed by atoms with van der Waals surface area (Å²) in [6.45, 7) is 0.758. The lowest BCUT2D eigenvalue weighted by Crippen LogP contribution is -2.19. The first-order valence-corrected chi connectivity index (χ1v) is 6.62. The number of amides is 2. The van der Waals surface area contributed by atoms with E-state index in [4.69, 9.17) is 11.6 Å². The normalized spacial score (nSPS) is 10.1. The van der Waals surface area contributed by atoms with Gasteiger partial charge in [-0.2, -0.15) is 0 Å². The van der Waals surface area contributed by atoms with E-state index in [1.807, 2.05) is 31.3 Å². The molecular weight excluding hydrogens is 274 g/mol. The minimum absolute atomic E-state index is 0.283. The fourth-order valence-electron chi connectivity index (χ4n) is 1.79. The van der Waals surface area contributed by atoms with Crippen molar-refractivity contribution in [2.24, 2.45) is 0 Å². The number of nitrogens with one attached hydrogen (secondary N) is 3. The summed E-state index contributed by atoms with van der Waals surface area (Å²) in [7, 11) is 1.88. The molecule has 0 spiro atoms. The van der Waals surface area contributed by atoms with Gasteiger partial charge in [0.15, 0.2) is 0 Å². The highest BCUT2D eigenvalue weighted by Gasteiger charge is 2.03. The van der Waals surface area contributed by atoms with Gasteiger partial charge in [-0.1, -0.05) is 23.7 Å². The molecule has 2 aromatic carbocycles. The van der Waals surface area contributed by atoms with Crippen LogP contribution >= 0.6 is 11.6 Å². The van der Waals surface area contributed by atoms with Crippen molar-refractivity contribution in [2.45, 2.75) is 6.54 Å². The third-order valence-corrected chi connectivity index (χ3v) is 2.92. The zero-order chi connectivity index (χ0) is 14.4. The van der Waals surface area contributed by atoms with Crippen molar-refractivity contribution in [1.82, 2.24) is 5.32 Å². The molecule has 0 bridgehead atoms. The standard InChI is InChI=1S/C15H16ClN3O/c1-17-10-11-3-2-4-14(9-11)19-15(20)18-13-7-5-12(16)6-8-13/h2-9,17H,10H2,1H3,(H2,18,19,20). The van der Waals surface area contributed by atoms with E-state index in [1.54, 1.807) is 24.3 Å². The second kappa shape index (κ2) is 6.93. The van der Waals surface area contributed by atoms with E-state index in [0.29, 0.717) is 10.7 Å². The number of carbonyl (C=O) groups is 1. The Hall–Kier alpha value is -2.04. The summed E-state index contributed by atoms with van der Waals surface area (Å²) in [5.74, 6) is 0. The molecule has 0 aromatic heterocycles. The van der Waals surface area contributed by atoms with Gasteiger partial charge in [0.2, 0.25) is 0 Å². The Morgan fingerprint density at radius 1 is 1.05 bits per heavy atom. The first-order chi connectivity index (χ1) is 9.67. The van der Waals surface area contributed by atoms with Gasteiger partial charge in [0.05, 0.1) is 0 Å². The van der Waals surface area contributed by atoms with Crippen molar-refractivity contribution >= 4 is 29.0 Å². The molecule has 0 saturated carbocycles. The molecule has 5 heteroatoms. The lowest BCUT2D eigenvalue weighted by atomic mass is 10.2. The van der Waals surface area contributed by atoms with Crippen molar-refractivity contribution in [2.75, 3.05) is 17.7 Å². The number of hydrogen-bond donors (Lipinski definition) is 3. The van der Waals surface area contributed by atoms with Gasteiger partial charge in [0.25, 0.3) is 0 Å². The van der Waals surface area contributed by atoms with Crippen molar-refractivity contribution in [1.29, 1.82) is 0 Å². The highest BCUT2D eigenvalue weighted by molar-refractivity contribution is 6.30. The molecule has 0 unspecified atom stereocenters. The molecule has 0 heterocycles. The maximum atomic E-state index is 11.9. The van der Waals surface area contributed by atoms with Crippen LogP contribution in [0.25, 0.3) is 0 Å². The Balaban J connectivity index is 1.97. The van der Waals surface area contributed by atoms with E-state index in [9.17, 15) is 4.79 Å². The van der Waals surface area contributed by atoms with Gasteiger partial charge < -0.3 is 16.0 Å². The summed E-state index contributed by atoms with van der Waals surface area (Å²) in [5.41, 5.74) is 2.55. The Morgan fingerprint density at radius 2 is 1.75 bits per heavy atom. The molecule has 0 aliphatic carbocycles. The average molecular weight is 290 g/mol. The Morgan fingerprint density at radius 3 is 2.45 bits per heavy atom. The van der Waals surface area contributed by atoms with Crippen LogP contribution in [0, 0.1) is 0 Å². The highest BCUT2D eigenvalue weighted by atomic mass is 35.5. The molecule has 2 rings (SSSR count). The first kappa shape index (κ1) is 14.4. The summed E-state index contributed by atoms with van der Waals surface area (Å²) in [4.78, 5) is 11.9. The zero-order valence-corrected chi connectivity index (χ0v) is 11.9. The van der Waals surface area contributed by atoms with Crippen LogP contribution in [0.1, 0.15) is 5.56 Å². The van der Waals surface area contributed by atoms with Crippen LogP contribution in [-0.2, 0) is 6.54 Å². The Labute approximate surface area is 123 Å². The zero-order valence-electron chi connectivity index (χ0n) is 11.1. The predicted octanol–water partition coefficient (Wildman–Crippen LogP) is 3.70. The van der Waals surface area contributed by atoms with E-state index in [2.05, 4.69) is 16.0 Å². The van der Waals surface area contributed by atoms with Crippen LogP contribution < -0.4 is 16.0 Å². The van der Waals surface area contributed by atoms with E-state index < -0.39 is 0 Å². The second-order valence-corrected chi connectivity index (χ2v) is 4.75. The molecule has 20 heavy (non-hydrogen) atoms. The molecule has 0 aliphatic rings. The molecular formula is C15H16ClN3O. The number of anilines is 2. The molecule has 2 amide bonds. The van der Waals surface area contributed by atoms with Crippen molar-refractivity contribution in [3.05, 3.63) is 59.1 Å². The van der Waals surface area contributed by atoms with E-state index in [1.165, 1.54) is 0 Å². The maximum Gasteiger partial charge on any atom is 0.323 e. The monoisotopic (exact) mass is 289 g/mol. The molecule has 0 fully saturated rings. The highest BCUT2D eigenvalue weighted by Crippen LogP contribution is 2.15. The van der Waals surface area contributed by atoms with Crippen molar-refractivity contribution in [3.63, 3.8) is 0 Å². The van der Waals surface area contributed by atoms with Crippen molar-refractivity contribution in [3.8, 4) is 0 Å². The van der Waals surface area contributed by atoms with Crippen molar-refractivity contribution < 1.29 is 4.79 Å². The summed E-state index contributed by atoms with van der Waals surface area (Å²) in [5, 5.41) is 9.24. The average Bonchev–Trinajstić information content (AvgIpc) is 2.42. The molecule has 0 aliphatic heterocycles. The van der Waals surface area contributed by atoms with Crippen LogP contribution in [0.4, 0.5) is 16.2 Å².